The molecule has 0 aliphatic rings. The Balaban J connectivity index is 1.86. The van der Waals surface area contributed by atoms with E-state index in [2.05, 4.69) is 20.1 Å². The number of hydrogen-bond donors (Lipinski definition) is 0. The summed E-state index contributed by atoms with van der Waals surface area (Å²) in [5, 5.41) is 4.00. The molecule has 0 radical (unpaired) electrons. The van der Waals surface area contributed by atoms with Crippen LogP contribution in [0.5, 0.6) is 23.7 Å². The van der Waals surface area contributed by atoms with E-state index in [0.29, 0.717) is 11.7 Å². The Morgan fingerprint density at radius 1 is 1.00 bits per heavy atom. The maximum atomic E-state index is 11.9. The standard InChI is InChI=1S/C19H20N6O5/c1-4-28-16(27)12-25-15(26)11-10-14(23-25)30-19-21-17(24(2)3)20-18(22-19)29-13-8-6-5-7-9-13/h5-11H,4,12H2,1-3H3. The number of rotatable bonds is 8. The highest BCUT2D eigenvalue weighted by Gasteiger charge is 2.14. The summed E-state index contributed by atoms with van der Waals surface area (Å²) in [5.41, 5.74) is -0.479. The van der Waals surface area contributed by atoms with Gasteiger partial charge in [-0.2, -0.15) is 9.97 Å². The van der Waals surface area contributed by atoms with Crippen molar-refractivity contribution in [1.29, 1.82) is 0 Å². The maximum Gasteiger partial charge on any atom is 0.331 e. The molecular weight excluding hydrogens is 392 g/mol. The van der Waals surface area contributed by atoms with E-state index < -0.39 is 11.5 Å². The normalized spacial score (nSPS) is 10.4. The number of esters is 1. The van der Waals surface area contributed by atoms with Crippen molar-refractivity contribution in [2.24, 2.45) is 0 Å². The number of hydrogen-bond acceptors (Lipinski definition) is 10. The van der Waals surface area contributed by atoms with Crippen LogP contribution in [0.3, 0.4) is 0 Å². The van der Waals surface area contributed by atoms with E-state index >= 15 is 0 Å². The summed E-state index contributed by atoms with van der Waals surface area (Å²) >= 11 is 0. The first-order chi connectivity index (χ1) is 14.4. The van der Waals surface area contributed by atoms with Gasteiger partial charge in [0.2, 0.25) is 11.8 Å². The lowest BCUT2D eigenvalue weighted by molar-refractivity contribution is -0.144. The summed E-state index contributed by atoms with van der Waals surface area (Å²) < 4.78 is 17.0. The predicted octanol–water partition coefficient (Wildman–Crippen LogP) is 1.64. The monoisotopic (exact) mass is 412 g/mol. The summed E-state index contributed by atoms with van der Waals surface area (Å²) in [7, 11) is 3.51. The molecule has 1 aromatic carbocycles. The molecule has 0 aliphatic carbocycles. The lowest BCUT2D eigenvalue weighted by atomic mass is 10.3. The minimum absolute atomic E-state index is 0.0143. The van der Waals surface area contributed by atoms with Crippen molar-refractivity contribution >= 4 is 11.9 Å². The zero-order valence-electron chi connectivity index (χ0n) is 16.7. The van der Waals surface area contributed by atoms with Gasteiger partial charge >= 0.3 is 18.0 Å². The highest BCUT2D eigenvalue weighted by atomic mass is 16.5. The molecule has 2 aromatic heterocycles. The molecule has 30 heavy (non-hydrogen) atoms. The van der Waals surface area contributed by atoms with Gasteiger partial charge < -0.3 is 19.1 Å². The second-order valence-corrected chi connectivity index (χ2v) is 6.08. The Labute approximate surface area is 171 Å². The van der Waals surface area contributed by atoms with Crippen LogP contribution in [-0.2, 0) is 16.1 Å². The van der Waals surface area contributed by atoms with Crippen LogP contribution < -0.4 is 19.9 Å². The lowest BCUT2D eigenvalue weighted by Crippen LogP contribution is -2.27. The van der Waals surface area contributed by atoms with Gasteiger partial charge in [-0.25, -0.2) is 4.68 Å². The minimum atomic E-state index is -0.585. The van der Waals surface area contributed by atoms with Gasteiger partial charge in [0.05, 0.1) is 6.61 Å². The van der Waals surface area contributed by atoms with E-state index in [1.54, 1.807) is 38.1 Å². The molecule has 156 valence electrons. The van der Waals surface area contributed by atoms with Crippen LogP contribution in [0.25, 0.3) is 0 Å². The quantitative estimate of drug-likeness (QED) is 0.505. The molecule has 11 heteroatoms. The van der Waals surface area contributed by atoms with Gasteiger partial charge in [-0.15, -0.1) is 10.1 Å². The average Bonchev–Trinajstić information content (AvgIpc) is 2.71. The Morgan fingerprint density at radius 3 is 2.37 bits per heavy atom. The fourth-order valence-electron chi connectivity index (χ4n) is 2.23. The zero-order valence-corrected chi connectivity index (χ0v) is 16.7. The minimum Gasteiger partial charge on any atom is -0.465 e. The van der Waals surface area contributed by atoms with Gasteiger partial charge in [0.25, 0.3) is 5.56 Å². The van der Waals surface area contributed by atoms with Gasteiger partial charge in [-0.05, 0) is 19.1 Å². The molecule has 0 unspecified atom stereocenters. The molecule has 0 bridgehead atoms. The van der Waals surface area contributed by atoms with Crippen molar-refractivity contribution in [3.63, 3.8) is 0 Å². The molecule has 3 rings (SSSR count). The number of aromatic nitrogens is 5. The molecule has 0 saturated heterocycles. The third-order valence-corrected chi connectivity index (χ3v) is 3.56. The van der Waals surface area contributed by atoms with E-state index in [-0.39, 0.29) is 31.1 Å². The fourth-order valence-corrected chi connectivity index (χ4v) is 2.23. The van der Waals surface area contributed by atoms with Crippen LogP contribution in [-0.4, -0.2) is 51.4 Å². The zero-order chi connectivity index (χ0) is 21.5. The van der Waals surface area contributed by atoms with E-state index in [1.165, 1.54) is 12.1 Å². The SMILES string of the molecule is CCOC(=O)Cn1nc(Oc2nc(Oc3ccccc3)nc(N(C)C)n2)ccc1=O. The number of para-hydroxylation sites is 1. The molecule has 2 heterocycles. The fraction of sp³-hybridized carbons (Fsp3) is 0.263. The van der Waals surface area contributed by atoms with Crippen LogP contribution in [0.4, 0.5) is 5.95 Å². The van der Waals surface area contributed by atoms with Gasteiger partial charge in [-0.1, -0.05) is 18.2 Å². The first-order valence-electron chi connectivity index (χ1n) is 9.02. The van der Waals surface area contributed by atoms with Gasteiger partial charge in [0.15, 0.2) is 0 Å². The van der Waals surface area contributed by atoms with Crippen LogP contribution >= 0.6 is 0 Å². The molecule has 0 N–H and O–H groups in total. The third-order valence-electron chi connectivity index (χ3n) is 3.56. The van der Waals surface area contributed by atoms with E-state index in [4.69, 9.17) is 14.2 Å². The number of anilines is 1. The number of benzene rings is 1. The van der Waals surface area contributed by atoms with Crippen molar-refractivity contribution in [3.05, 3.63) is 52.8 Å². The van der Waals surface area contributed by atoms with Gasteiger partial charge in [-0.3, -0.25) is 9.59 Å². The smallest absolute Gasteiger partial charge is 0.331 e. The maximum absolute atomic E-state index is 11.9. The molecule has 11 nitrogen and oxygen atoms in total. The summed E-state index contributed by atoms with van der Waals surface area (Å²) in [4.78, 5) is 37.8. The highest BCUT2D eigenvalue weighted by Crippen LogP contribution is 2.23. The predicted molar refractivity (Wildman–Crippen MR) is 106 cm³/mol. The highest BCUT2D eigenvalue weighted by molar-refractivity contribution is 5.68. The Bertz CT molecular complexity index is 1070. The molecule has 0 amide bonds. The number of carbonyl (C=O) groups excluding carboxylic acids is 1. The number of carbonyl (C=O) groups is 1. The number of ether oxygens (including phenoxy) is 3. The Morgan fingerprint density at radius 2 is 1.70 bits per heavy atom. The molecule has 0 saturated carbocycles. The molecule has 0 fully saturated rings. The van der Waals surface area contributed by atoms with Crippen LogP contribution in [0.15, 0.2) is 47.3 Å². The summed E-state index contributed by atoms with van der Waals surface area (Å²) in [6.45, 7) is 1.53. The molecule has 0 atom stereocenters. The largest absolute Gasteiger partial charge is 0.465 e. The van der Waals surface area contributed by atoms with Crippen LogP contribution in [0.1, 0.15) is 6.92 Å². The summed E-state index contributed by atoms with van der Waals surface area (Å²) in [6, 6.07) is 11.5. The van der Waals surface area contributed by atoms with Crippen molar-refractivity contribution in [2.75, 3.05) is 25.6 Å². The summed E-state index contributed by atoms with van der Waals surface area (Å²) in [5.74, 6) is 0.268. The van der Waals surface area contributed by atoms with E-state index in [1.807, 2.05) is 18.2 Å². The van der Waals surface area contributed by atoms with Crippen molar-refractivity contribution in [1.82, 2.24) is 24.7 Å². The van der Waals surface area contributed by atoms with E-state index in [9.17, 15) is 9.59 Å². The van der Waals surface area contributed by atoms with Gasteiger partial charge in [0.1, 0.15) is 12.3 Å². The van der Waals surface area contributed by atoms with Crippen LogP contribution in [0, 0.1) is 0 Å². The van der Waals surface area contributed by atoms with Crippen molar-refractivity contribution < 1.29 is 19.0 Å². The first kappa shape index (κ1) is 20.7. The van der Waals surface area contributed by atoms with Crippen molar-refractivity contribution in [2.45, 2.75) is 13.5 Å². The number of nitrogens with zero attached hydrogens (tertiary/aromatic N) is 6. The summed E-state index contributed by atoms with van der Waals surface area (Å²) in [6.07, 6.45) is 0. The lowest BCUT2D eigenvalue weighted by Gasteiger charge is -2.13. The molecular formula is C19H20N6O5. The molecule has 0 aliphatic heterocycles. The van der Waals surface area contributed by atoms with E-state index in [0.717, 1.165) is 4.68 Å². The van der Waals surface area contributed by atoms with Crippen LogP contribution in [0.2, 0.25) is 0 Å². The average molecular weight is 412 g/mol. The molecule has 0 spiro atoms. The first-order valence-corrected chi connectivity index (χ1v) is 9.02. The Hall–Kier alpha value is -4.02. The third kappa shape index (κ3) is 5.50. The molecule has 3 aromatic rings. The second-order valence-electron chi connectivity index (χ2n) is 6.08. The Kier molecular flexibility index (Phi) is 6.53. The van der Waals surface area contributed by atoms with Crippen molar-refractivity contribution in [3.8, 4) is 23.7 Å². The van der Waals surface area contributed by atoms with Gasteiger partial charge in [0, 0.05) is 26.2 Å². The topological polar surface area (TPSA) is 122 Å². The second kappa shape index (κ2) is 9.45.